The topological polar surface area (TPSA) is 162 Å². The number of nitrogens with zero attached hydrogens (tertiary/aromatic N) is 5. The van der Waals surface area contributed by atoms with Gasteiger partial charge in [0.15, 0.2) is 0 Å². The Bertz CT molecular complexity index is 2170. The molecule has 3 fully saturated rings. The van der Waals surface area contributed by atoms with Crippen molar-refractivity contribution in [2.24, 2.45) is 27.0 Å². The summed E-state index contributed by atoms with van der Waals surface area (Å²) >= 11 is 1.48. The highest BCUT2D eigenvalue weighted by Crippen LogP contribution is 2.64. The molecule has 3 aromatic rings. The number of aromatic nitrogens is 3. The van der Waals surface area contributed by atoms with E-state index in [-0.39, 0.29) is 27.5 Å². The third-order valence-electron chi connectivity index (χ3n) is 12.8. The van der Waals surface area contributed by atoms with Crippen LogP contribution in [-0.2, 0) is 11.3 Å². The molecule has 1 saturated heterocycles. The minimum absolute atomic E-state index is 0.00824. The maximum atomic E-state index is 10.7. The van der Waals surface area contributed by atoms with E-state index in [1.54, 1.807) is 0 Å². The molecule has 7 rings (SSSR count). The van der Waals surface area contributed by atoms with Crippen LogP contribution in [0.25, 0.3) is 15.8 Å². The highest BCUT2D eigenvalue weighted by Gasteiger charge is 2.59. The number of ether oxygens (including phenoxy) is 1. The van der Waals surface area contributed by atoms with E-state index in [2.05, 4.69) is 68.7 Å². The highest BCUT2D eigenvalue weighted by atomic mass is 32.1. The molecule has 0 amide bonds. The van der Waals surface area contributed by atoms with E-state index in [0.717, 1.165) is 97.3 Å². The molecule has 4 heterocycles. The number of hydrogen-bond acceptors (Lipinski definition) is 9. The van der Waals surface area contributed by atoms with Gasteiger partial charge in [0.2, 0.25) is 5.13 Å². The van der Waals surface area contributed by atoms with Crippen LogP contribution in [0.2, 0.25) is 0 Å². The van der Waals surface area contributed by atoms with Crippen molar-refractivity contribution in [2.75, 3.05) is 33.8 Å². The summed E-state index contributed by atoms with van der Waals surface area (Å²) in [4.78, 5) is 12.5. The van der Waals surface area contributed by atoms with Gasteiger partial charge >= 0.3 is 0 Å². The van der Waals surface area contributed by atoms with Crippen LogP contribution in [-0.4, -0.2) is 80.9 Å². The quantitative estimate of drug-likeness (QED) is 0.0670. The Hall–Kier alpha value is -4.46. The van der Waals surface area contributed by atoms with Crippen LogP contribution in [0.3, 0.4) is 0 Å². The second kappa shape index (κ2) is 15.4. The zero-order chi connectivity index (χ0) is 40.9. The van der Waals surface area contributed by atoms with E-state index < -0.39 is 5.95 Å². The molecule has 0 spiro atoms. The second-order valence-corrected chi connectivity index (χ2v) is 19.6. The molecule has 2 aliphatic carbocycles. The Kier molecular flexibility index (Phi) is 11.0. The van der Waals surface area contributed by atoms with Gasteiger partial charge < -0.3 is 35.8 Å². The number of dihydropyridines is 1. The molecule has 2 saturated carbocycles. The summed E-state index contributed by atoms with van der Waals surface area (Å²) < 4.78 is 10.2. The second-order valence-electron chi connectivity index (χ2n) is 18.6. The Morgan fingerprint density at radius 2 is 1.88 bits per heavy atom. The number of aliphatic imine (C=N–C) groups is 1. The largest absolute Gasteiger partial charge is 0.480 e. The first-order valence-electron chi connectivity index (χ1n) is 20.5. The number of quaternary nitrogens is 1. The first-order chi connectivity index (χ1) is 26.9. The average molecular weight is 797 g/mol. The normalized spacial score (nSPS) is 27.4. The summed E-state index contributed by atoms with van der Waals surface area (Å²) in [7, 11) is 4.37. The number of thiazole rings is 1. The van der Waals surface area contributed by atoms with Gasteiger partial charge in [-0.15, -0.1) is 0 Å². The van der Waals surface area contributed by atoms with Crippen molar-refractivity contribution in [3.63, 3.8) is 0 Å². The van der Waals surface area contributed by atoms with Crippen LogP contribution in [0.5, 0.6) is 0 Å². The summed E-state index contributed by atoms with van der Waals surface area (Å²) in [5.74, 6) is 0.383. The molecule has 306 valence electrons. The van der Waals surface area contributed by atoms with Crippen LogP contribution in [0.15, 0.2) is 76.2 Å². The number of hydrogen-bond donors (Lipinski definition) is 6. The fourth-order valence-electron chi connectivity index (χ4n) is 10.7. The molecule has 57 heavy (non-hydrogen) atoms. The van der Waals surface area contributed by atoms with Gasteiger partial charge in [0.05, 0.1) is 42.7 Å². The summed E-state index contributed by atoms with van der Waals surface area (Å²) in [5, 5.41) is 39.5. The maximum Gasteiger partial charge on any atom is 0.299 e. The number of likely N-dealkylation sites (tertiary alicyclic amines) is 1. The summed E-state index contributed by atoms with van der Waals surface area (Å²) in [6, 6.07) is 7.89. The lowest BCUT2D eigenvalue weighted by Crippen LogP contribution is -3.06. The van der Waals surface area contributed by atoms with Crippen molar-refractivity contribution >= 4 is 43.9 Å². The Balaban J connectivity index is 1.15. The minimum Gasteiger partial charge on any atom is -0.480 e. The van der Waals surface area contributed by atoms with Crippen LogP contribution in [0.4, 0.5) is 5.13 Å². The fraction of sp³-hybridized carbons (Fsp3) is 0.545. The van der Waals surface area contributed by atoms with Crippen LogP contribution < -0.4 is 16.0 Å². The summed E-state index contributed by atoms with van der Waals surface area (Å²) in [6.45, 7) is 16.7. The zero-order valence-corrected chi connectivity index (χ0v) is 35.9. The monoisotopic (exact) mass is 796 g/mol. The fourth-order valence-corrected chi connectivity index (χ4v) is 11.5. The van der Waals surface area contributed by atoms with Crippen molar-refractivity contribution in [2.45, 2.75) is 105 Å². The number of fused-ring (bicyclic) bond motifs is 3. The molecular weight excluding hydrogens is 735 g/mol. The van der Waals surface area contributed by atoms with Gasteiger partial charge in [0.25, 0.3) is 5.95 Å². The number of piperidine rings is 1. The lowest BCUT2D eigenvalue weighted by atomic mass is 9.47. The van der Waals surface area contributed by atoms with E-state index in [1.807, 2.05) is 54.4 Å². The SMILES string of the molecule is CC[C@@]1(C)CC2(Cn3ncc(C4=CC=C(N5CCC/C(=C(C)/C(N)=N\c6nc7ccccc7s6)C5=N)NC4=C(O)O)c3C)CC(C)(C)CC(OCC[NH+](C)C)(C2)C1. The number of para-hydroxylation sites is 1. The third-order valence-corrected chi connectivity index (χ3v) is 13.7. The van der Waals surface area contributed by atoms with E-state index in [0.29, 0.717) is 41.2 Å². The molecule has 2 unspecified atom stereocenters. The molecule has 2 bridgehead atoms. The predicted molar refractivity (Wildman–Crippen MR) is 230 cm³/mol. The predicted octanol–water partition coefficient (Wildman–Crippen LogP) is 7.30. The third kappa shape index (κ3) is 8.29. The number of nitrogens with two attached hydrogens (primary N) is 1. The van der Waals surface area contributed by atoms with Crippen LogP contribution in [0, 0.1) is 28.6 Å². The van der Waals surface area contributed by atoms with Gasteiger partial charge in [-0.2, -0.15) is 5.10 Å². The van der Waals surface area contributed by atoms with Crippen molar-refractivity contribution < 1.29 is 19.8 Å². The smallest absolute Gasteiger partial charge is 0.299 e. The number of allylic oxidation sites excluding steroid dienone is 3. The van der Waals surface area contributed by atoms with Crippen molar-refractivity contribution in [3.8, 4) is 0 Å². The molecular formula is C44H62N9O3S+. The first kappa shape index (κ1) is 40.7. The van der Waals surface area contributed by atoms with E-state index in [9.17, 15) is 15.6 Å². The van der Waals surface area contributed by atoms with Gasteiger partial charge in [-0.3, -0.25) is 10.1 Å². The zero-order valence-electron chi connectivity index (χ0n) is 35.1. The number of nitrogens with one attached hydrogen (secondary N) is 3. The standard InChI is InChI=1S/C44H61N9O3S/c1-9-42(6)24-43(22-41(4,5)23-44(25-42,26-43)56-20-19-51(7)8)27-53-29(3)32(21-47-53)31-16-17-35(49-36(31)39(54)55)52-18-12-13-30(38(52)46)28(2)37(45)50-40-48-33-14-10-11-15-34(33)57-40/h10-11,14-17,21,46,49,54-55H,9,12-13,18-20,22-27H2,1-8H3,(H2,45,48,50)/p+1/b30-28-,46-38?/t42-,43?,44?/m0/s1. The number of benzene rings is 1. The molecule has 7 N–H and O–H groups in total. The van der Waals surface area contributed by atoms with Gasteiger partial charge in [0.1, 0.15) is 29.7 Å². The molecule has 4 aliphatic rings. The minimum atomic E-state index is -0.818. The van der Waals surface area contributed by atoms with Crippen LogP contribution >= 0.6 is 11.3 Å². The lowest BCUT2D eigenvalue weighted by Gasteiger charge is -2.62. The molecule has 2 aliphatic heterocycles. The molecule has 3 atom stereocenters. The summed E-state index contributed by atoms with van der Waals surface area (Å²) in [6.07, 6.45) is 13.6. The number of aliphatic hydroxyl groups is 2. The lowest BCUT2D eigenvalue weighted by molar-refractivity contribution is -0.859. The number of likely N-dealkylation sites (N-methyl/N-ethyl adjacent to an activating group) is 1. The van der Waals surface area contributed by atoms with Gasteiger partial charge in [-0.25, -0.2) is 9.98 Å². The first-order valence-corrected chi connectivity index (χ1v) is 21.3. The highest BCUT2D eigenvalue weighted by molar-refractivity contribution is 7.22. The van der Waals surface area contributed by atoms with E-state index in [1.165, 1.54) is 16.2 Å². The number of rotatable bonds is 11. The average Bonchev–Trinajstić information content (AvgIpc) is 3.71. The maximum absolute atomic E-state index is 10.7. The molecule has 0 radical (unpaired) electrons. The Labute approximate surface area is 341 Å². The summed E-state index contributed by atoms with van der Waals surface area (Å²) in [5.41, 5.74) is 11.7. The van der Waals surface area contributed by atoms with Crippen molar-refractivity contribution in [1.29, 1.82) is 5.41 Å². The van der Waals surface area contributed by atoms with Crippen molar-refractivity contribution in [1.82, 2.24) is 25.0 Å². The van der Waals surface area contributed by atoms with Gasteiger partial charge in [-0.1, -0.05) is 57.6 Å². The molecule has 13 heteroatoms. The van der Waals surface area contributed by atoms with Gasteiger partial charge in [0, 0.05) is 35.5 Å². The van der Waals surface area contributed by atoms with E-state index in [4.69, 9.17) is 15.6 Å². The van der Waals surface area contributed by atoms with Gasteiger partial charge in [-0.05, 0) is 105 Å². The Morgan fingerprint density at radius 3 is 2.60 bits per heavy atom. The van der Waals surface area contributed by atoms with Crippen molar-refractivity contribution in [3.05, 3.63) is 82.5 Å². The van der Waals surface area contributed by atoms with Crippen LogP contribution in [0.1, 0.15) is 97.2 Å². The molecule has 2 aromatic heterocycles. The number of aliphatic hydroxyl groups excluding tert-OH is 1. The molecule has 12 nitrogen and oxygen atoms in total. The Morgan fingerprint density at radius 1 is 1.11 bits per heavy atom. The number of amidine groups is 2. The molecule has 1 aromatic carbocycles. The van der Waals surface area contributed by atoms with E-state index >= 15 is 0 Å².